The van der Waals surface area contributed by atoms with Crippen molar-refractivity contribution in [1.29, 1.82) is 0 Å². The van der Waals surface area contributed by atoms with E-state index < -0.39 is 0 Å². The van der Waals surface area contributed by atoms with Crippen molar-refractivity contribution in [1.82, 2.24) is 0 Å². The van der Waals surface area contributed by atoms with Crippen LogP contribution in [0.4, 0.5) is 0 Å². The van der Waals surface area contributed by atoms with Crippen LogP contribution in [0.25, 0.3) is 16.7 Å². The van der Waals surface area contributed by atoms with Gasteiger partial charge >= 0.3 is 0 Å². The molecule has 0 bridgehead atoms. The van der Waals surface area contributed by atoms with E-state index in [4.69, 9.17) is 13.9 Å². The highest BCUT2D eigenvalue weighted by Crippen LogP contribution is 2.43. The Morgan fingerprint density at radius 1 is 0.961 bits per heavy atom. The van der Waals surface area contributed by atoms with Crippen molar-refractivity contribution in [3.05, 3.63) is 77.3 Å². The van der Waals surface area contributed by atoms with Crippen LogP contribution in [0, 0.1) is 24.7 Å². The van der Waals surface area contributed by atoms with Gasteiger partial charge in [-0.2, -0.15) is 0 Å². The van der Waals surface area contributed by atoms with Crippen LogP contribution in [0.2, 0.25) is 0 Å². The van der Waals surface area contributed by atoms with E-state index in [1.807, 2.05) is 13.0 Å². The van der Waals surface area contributed by atoms with Crippen LogP contribution >= 0.6 is 0 Å². The number of furan rings is 1. The highest BCUT2D eigenvalue weighted by atomic mass is 16.5. The number of aryl methyl sites for hydroxylation is 1. The van der Waals surface area contributed by atoms with Crippen molar-refractivity contribution in [3.63, 3.8) is 0 Å². The maximum atomic E-state index is 11.5. The van der Waals surface area contributed by atoms with Crippen molar-refractivity contribution in [3.8, 4) is 11.5 Å². The third-order valence-corrected chi connectivity index (χ3v) is 11.5. The maximum Gasteiger partial charge on any atom is 0.161 e. The molecular weight excluding hydrogens is 629 g/mol. The van der Waals surface area contributed by atoms with E-state index in [1.54, 1.807) is 19.6 Å². The van der Waals surface area contributed by atoms with E-state index in [0.717, 1.165) is 95.7 Å². The lowest BCUT2D eigenvalue weighted by atomic mass is 9.76. The van der Waals surface area contributed by atoms with Crippen molar-refractivity contribution < 1.29 is 18.7 Å². The number of rotatable bonds is 21. The Kier molecular flexibility index (Phi) is 16.4. The fourth-order valence-corrected chi connectivity index (χ4v) is 8.42. The maximum absolute atomic E-state index is 11.5. The van der Waals surface area contributed by atoms with Gasteiger partial charge in [-0.25, -0.2) is 0 Å². The predicted octanol–water partition coefficient (Wildman–Crippen LogP) is 13.9. The van der Waals surface area contributed by atoms with Crippen LogP contribution in [0.15, 0.2) is 59.1 Å². The number of allylic oxidation sites excluding steroid dienone is 6. The van der Waals surface area contributed by atoms with Crippen molar-refractivity contribution in [2.75, 3.05) is 13.7 Å². The van der Waals surface area contributed by atoms with Crippen molar-refractivity contribution >= 4 is 22.5 Å². The smallest absolute Gasteiger partial charge is 0.161 e. The minimum Gasteiger partial charge on any atom is -0.493 e. The molecule has 1 atom stereocenters. The lowest BCUT2D eigenvalue weighted by Gasteiger charge is -2.30. The molecule has 280 valence electrons. The molecule has 0 aliphatic heterocycles. The van der Waals surface area contributed by atoms with E-state index in [2.05, 4.69) is 58.2 Å². The van der Waals surface area contributed by atoms with Crippen LogP contribution in [0.5, 0.6) is 11.5 Å². The summed E-state index contributed by atoms with van der Waals surface area (Å²) in [5.41, 5.74) is 8.41. The van der Waals surface area contributed by atoms with Gasteiger partial charge in [0.1, 0.15) is 17.3 Å². The monoisotopic (exact) mass is 697 g/mol. The van der Waals surface area contributed by atoms with Gasteiger partial charge in [-0.05, 0) is 169 Å². The van der Waals surface area contributed by atoms with Crippen LogP contribution in [-0.4, -0.2) is 19.5 Å². The van der Waals surface area contributed by atoms with Gasteiger partial charge in [0.2, 0.25) is 0 Å². The predicted molar refractivity (Wildman–Crippen MR) is 216 cm³/mol. The molecule has 51 heavy (non-hydrogen) atoms. The zero-order chi connectivity index (χ0) is 36.8. The normalized spacial score (nSPS) is 18.8. The molecule has 4 nitrogen and oxygen atoms in total. The highest BCUT2D eigenvalue weighted by Gasteiger charge is 2.25. The third kappa shape index (κ3) is 12.4. The van der Waals surface area contributed by atoms with Gasteiger partial charge in [0.25, 0.3) is 0 Å². The van der Waals surface area contributed by atoms with Gasteiger partial charge in [0.15, 0.2) is 11.5 Å². The second kappa shape index (κ2) is 20.7. The number of carbonyl (C=O) groups is 1. The zero-order valence-electron chi connectivity index (χ0n) is 33.1. The van der Waals surface area contributed by atoms with Gasteiger partial charge in [0.05, 0.1) is 13.7 Å². The minimum absolute atomic E-state index is 0.328. The van der Waals surface area contributed by atoms with Crippen LogP contribution < -0.4 is 9.47 Å². The molecule has 1 fully saturated rings. The Morgan fingerprint density at radius 2 is 1.71 bits per heavy atom. The minimum atomic E-state index is 0.328. The van der Waals surface area contributed by atoms with Gasteiger partial charge in [-0.3, -0.25) is 0 Å². The number of ether oxygens (including phenoxy) is 2. The summed E-state index contributed by atoms with van der Waals surface area (Å²) in [4.78, 5) is 11.5. The Morgan fingerprint density at radius 3 is 2.33 bits per heavy atom. The molecule has 1 saturated carbocycles. The molecule has 0 radical (unpaired) electrons. The molecule has 2 aliphatic carbocycles. The van der Waals surface area contributed by atoms with Gasteiger partial charge in [-0.1, -0.05) is 69.9 Å². The Hall–Kier alpha value is -3.27. The summed E-state index contributed by atoms with van der Waals surface area (Å²) >= 11 is 0. The molecule has 1 aromatic carbocycles. The third-order valence-electron chi connectivity index (χ3n) is 11.5. The number of hydrogen-bond acceptors (Lipinski definition) is 4. The van der Waals surface area contributed by atoms with Gasteiger partial charge in [0, 0.05) is 12.0 Å². The summed E-state index contributed by atoms with van der Waals surface area (Å²) in [5, 5.41) is 0. The topological polar surface area (TPSA) is 48.7 Å². The van der Waals surface area contributed by atoms with Gasteiger partial charge < -0.3 is 18.7 Å². The second-order valence-corrected chi connectivity index (χ2v) is 15.8. The molecule has 0 saturated heterocycles. The molecule has 1 aromatic heterocycles. The molecule has 2 aromatic rings. The average molecular weight is 697 g/mol. The van der Waals surface area contributed by atoms with E-state index in [9.17, 15) is 4.79 Å². The first-order valence-corrected chi connectivity index (χ1v) is 20.3. The van der Waals surface area contributed by atoms with E-state index >= 15 is 0 Å². The van der Waals surface area contributed by atoms with E-state index in [-0.39, 0.29) is 0 Å². The molecule has 0 amide bonds. The number of hydrogen-bond donors (Lipinski definition) is 0. The molecule has 0 spiro atoms. The largest absolute Gasteiger partial charge is 0.493 e. The van der Waals surface area contributed by atoms with Crippen molar-refractivity contribution in [2.45, 2.75) is 150 Å². The number of benzene rings is 1. The summed E-state index contributed by atoms with van der Waals surface area (Å²) in [5.74, 6) is 5.73. The number of unbranched alkanes of at least 4 members (excludes halogenated alkanes) is 2. The molecule has 1 heterocycles. The van der Waals surface area contributed by atoms with E-state index in [1.165, 1.54) is 88.2 Å². The Bertz CT molecular complexity index is 1510. The SMILES string of the molecule is C=C(/C(CCC(C)CC1CCC(CCC(C)=O)CC1)=C(/CC)c1cc(OC)c(OCCCCCC2=CCCCC2)cc1C(=C)C)c1ccc(C)o1. The number of Topliss-reactive ketones (excluding diaryl/α,β-unsaturated/α-hetero) is 1. The van der Waals surface area contributed by atoms with Crippen molar-refractivity contribution in [2.24, 2.45) is 17.8 Å². The summed E-state index contributed by atoms with van der Waals surface area (Å²) in [6.45, 7) is 20.2. The molecule has 4 heteroatoms. The molecule has 2 aliphatic rings. The van der Waals surface area contributed by atoms with Crippen LogP contribution in [-0.2, 0) is 4.79 Å². The first kappa shape index (κ1) is 40.5. The molecular formula is C47H68O4. The Balaban J connectivity index is 1.50. The number of carbonyl (C=O) groups excluding carboxylic acids is 1. The fraction of sp³-hybridized carbons (Fsp3) is 0.596. The summed E-state index contributed by atoms with van der Waals surface area (Å²) in [7, 11) is 1.74. The standard InChI is InChI=1S/C47H68O4/c1-9-41(44-32-46(49-8)47(31-43(44)33(2)3)50-29-15-11-14-18-38-16-12-10-13-17-38)42(37(7)45-28-21-36(6)51-45)27-19-34(4)30-40-25-23-39(24-26-40)22-20-35(5)48/h16,21,28,31-32,34,39-40H,2,7,9-15,17-20,22-27,29-30H2,1,3-6,8H3/b42-41-. The molecule has 1 unspecified atom stereocenters. The average Bonchev–Trinajstić information content (AvgIpc) is 3.57. The number of methoxy groups -OCH3 is 1. The second-order valence-electron chi connectivity index (χ2n) is 15.8. The lowest BCUT2D eigenvalue weighted by Crippen LogP contribution is -2.17. The van der Waals surface area contributed by atoms with Crippen LogP contribution in [0.3, 0.4) is 0 Å². The fourth-order valence-electron chi connectivity index (χ4n) is 8.42. The summed E-state index contributed by atoms with van der Waals surface area (Å²) in [6, 6.07) is 8.40. The van der Waals surface area contributed by atoms with E-state index in [0.29, 0.717) is 18.3 Å². The molecule has 0 N–H and O–H groups in total. The summed E-state index contributed by atoms with van der Waals surface area (Å²) < 4.78 is 18.5. The van der Waals surface area contributed by atoms with Gasteiger partial charge in [-0.15, -0.1) is 0 Å². The quantitative estimate of drug-likeness (QED) is 0.0740. The summed E-state index contributed by atoms with van der Waals surface area (Å²) in [6.07, 6.45) is 23.5. The first-order chi connectivity index (χ1) is 24.6. The Labute approximate surface area is 310 Å². The lowest BCUT2D eigenvalue weighted by molar-refractivity contribution is -0.117. The molecule has 4 rings (SSSR count). The van der Waals surface area contributed by atoms with Crippen LogP contribution in [0.1, 0.15) is 166 Å². The number of ketones is 1. The first-order valence-electron chi connectivity index (χ1n) is 20.3. The highest BCUT2D eigenvalue weighted by molar-refractivity contribution is 5.90. The zero-order valence-corrected chi connectivity index (χ0v) is 33.1.